The second-order valence-corrected chi connectivity index (χ2v) is 6.87. The third-order valence-corrected chi connectivity index (χ3v) is 4.90. The third-order valence-electron chi connectivity index (χ3n) is 3.80. The Morgan fingerprint density at radius 3 is 2.86 bits per heavy atom. The van der Waals surface area contributed by atoms with Crippen molar-refractivity contribution in [2.75, 3.05) is 11.9 Å². The van der Waals surface area contributed by atoms with Gasteiger partial charge in [-0.3, -0.25) is 10.2 Å². The molecule has 0 saturated heterocycles. The van der Waals surface area contributed by atoms with Crippen molar-refractivity contribution in [3.63, 3.8) is 0 Å². The Hall–Kier alpha value is -3.59. The smallest absolute Gasteiger partial charge is 0.236 e. The molecular weight excluding hydrogens is 388 g/mol. The van der Waals surface area contributed by atoms with Gasteiger partial charge in [0.15, 0.2) is 0 Å². The average molecular weight is 408 g/mol. The molecule has 2 heterocycles. The summed E-state index contributed by atoms with van der Waals surface area (Å²) in [7, 11) is 0. The lowest BCUT2D eigenvalue weighted by molar-refractivity contribution is -0.115. The van der Waals surface area contributed by atoms with Crippen LogP contribution in [0.3, 0.4) is 0 Å². The summed E-state index contributed by atoms with van der Waals surface area (Å²) in [6, 6.07) is 13.0. The Bertz CT molecular complexity index is 1030. The maximum absolute atomic E-state index is 12.3. The number of amidine groups is 1. The lowest BCUT2D eigenvalue weighted by Crippen LogP contribution is -2.15. The van der Waals surface area contributed by atoms with E-state index in [0.29, 0.717) is 28.2 Å². The lowest BCUT2D eigenvalue weighted by atomic mass is 10.1. The molecule has 0 bridgehead atoms. The van der Waals surface area contributed by atoms with Gasteiger partial charge in [-0.15, -0.1) is 11.3 Å². The first-order chi connectivity index (χ1) is 14.1. The molecular formula is C20H20N6O2S. The van der Waals surface area contributed by atoms with Crippen molar-refractivity contribution in [3.05, 3.63) is 59.1 Å². The van der Waals surface area contributed by atoms with Crippen LogP contribution >= 0.6 is 11.3 Å². The zero-order valence-corrected chi connectivity index (χ0v) is 16.6. The molecule has 8 nitrogen and oxygen atoms in total. The van der Waals surface area contributed by atoms with Crippen molar-refractivity contribution in [3.8, 4) is 16.5 Å². The highest BCUT2D eigenvalue weighted by Gasteiger charge is 2.17. The fourth-order valence-corrected chi connectivity index (χ4v) is 3.47. The first-order valence-corrected chi connectivity index (χ1v) is 9.68. The van der Waals surface area contributed by atoms with E-state index in [1.54, 1.807) is 18.3 Å². The fraction of sp³-hybridized carbons (Fsp3) is 0.150. The van der Waals surface area contributed by atoms with E-state index in [4.69, 9.17) is 15.9 Å². The maximum atomic E-state index is 12.3. The van der Waals surface area contributed by atoms with Gasteiger partial charge in [0.05, 0.1) is 13.0 Å². The predicted octanol–water partition coefficient (Wildman–Crippen LogP) is 3.10. The number of pyridine rings is 1. The van der Waals surface area contributed by atoms with Gasteiger partial charge in [0.1, 0.15) is 27.9 Å². The summed E-state index contributed by atoms with van der Waals surface area (Å²) in [4.78, 5) is 25.3. The van der Waals surface area contributed by atoms with E-state index < -0.39 is 0 Å². The van der Waals surface area contributed by atoms with Gasteiger partial charge in [0.2, 0.25) is 11.8 Å². The SMILES string of the molecule is CCOc1nc(-c2ccnc(NC(=O)Cc3ccccc3)c2)sc1C(N)=NC=N. The van der Waals surface area contributed by atoms with Crippen LogP contribution in [0, 0.1) is 5.41 Å². The largest absolute Gasteiger partial charge is 0.477 e. The molecule has 3 aromatic rings. The fourth-order valence-electron chi connectivity index (χ4n) is 2.55. The minimum absolute atomic E-state index is 0.155. The molecule has 0 fully saturated rings. The van der Waals surface area contributed by atoms with Crippen LogP contribution in [0.1, 0.15) is 17.4 Å². The molecule has 0 aliphatic rings. The normalized spacial score (nSPS) is 11.1. The van der Waals surface area contributed by atoms with Crippen molar-refractivity contribution < 1.29 is 9.53 Å². The summed E-state index contributed by atoms with van der Waals surface area (Å²) >= 11 is 1.30. The summed E-state index contributed by atoms with van der Waals surface area (Å²) in [5.74, 6) is 0.803. The Kier molecular flexibility index (Phi) is 6.64. The first-order valence-electron chi connectivity index (χ1n) is 8.87. The van der Waals surface area contributed by atoms with E-state index in [-0.39, 0.29) is 18.2 Å². The number of benzene rings is 1. The predicted molar refractivity (Wildman–Crippen MR) is 115 cm³/mol. The van der Waals surface area contributed by atoms with Crippen LogP contribution in [0.2, 0.25) is 0 Å². The first kappa shape index (κ1) is 20.2. The molecule has 0 saturated carbocycles. The van der Waals surface area contributed by atoms with Crippen molar-refractivity contribution in [2.45, 2.75) is 13.3 Å². The van der Waals surface area contributed by atoms with Gasteiger partial charge in [-0.05, 0) is 24.6 Å². The molecule has 1 aromatic carbocycles. The van der Waals surface area contributed by atoms with Gasteiger partial charge in [-0.1, -0.05) is 30.3 Å². The van der Waals surface area contributed by atoms with Crippen molar-refractivity contribution >= 4 is 35.2 Å². The van der Waals surface area contributed by atoms with Crippen LogP contribution in [0.15, 0.2) is 53.7 Å². The molecule has 4 N–H and O–H groups in total. The molecule has 29 heavy (non-hydrogen) atoms. The summed E-state index contributed by atoms with van der Waals surface area (Å²) in [5.41, 5.74) is 7.60. The highest BCUT2D eigenvalue weighted by atomic mass is 32.1. The number of thiazole rings is 1. The molecule has 3 rings (SSSR count). The number of carbonyl (C=O) groups is 1. The van der Waals surface area contributed by atoms with E-state index in [1.165, 1.54) is 11.3 Å². The van der Waals surface area contributed by atoms with Crippen LogP contribution in [-0.2, 0) is 11.2 Å². The lowest BCUT2D eigenvalue weighted by Gasteiger charge is -2.05. The molecule has 1 amide bonds. The highest BCUT2D eigenvalue weighted by molar-refractivity contribution is 7.17. The zero-order chi connectivity index (χ0) is 20.6. The Labute approximate surface area is 172 Å². The van der Waals surface area contributed by atoms with Gasteiger partial charge >= 0.3 is 0 Å². The molecule has 148 valence electrons. The molecule has 0 aliphatic carbocycles. The van der Waals surface area contributed by atoms with E-state index in [9.17, 15) is 4.79 Å². The number of hydrogen-bond donors (Lipinski definition) is 3. The molecule has 9 heteroatoms. The minimum atomic E-state index is -0.155. The van der Waals surface area contributed by atoms with Crippen LogP contribution < -0.4 is 15.8 Å². The van der Waals surface area contributed by atoms with E-state index in [1.807, 2.05) is 37.3 Å². The monoisotopic (exact) mass is 408 g/mol. The standard InChI is InChI=1S/C20H20N6O2S/c1-2-28-19-17(18(22)24-12-21)29-20(26-19)14-8-9-23-15(11-14)25-16(27)10-13-6-4-3-5-7-13/h3-9,11-12H,2,10H2,1H3,(H3,21,22,24)(H,23,25,27). The second-order valence-electron chi connectivity index (χ2n) is 5.87. The average Bonchev–Trinajstić information content (AvgIpc) is 3.13. The third kappa shape index (κ3) is 5.23. The number of nitrogens with zero attached hydrogens (tertiary/aromatic N) is 3. The van der Waals surface area contributed by atoms with Crippen molar-refractivity contribution in [1.29, 1.82) is 5.41 Å². The number of aromatic nitrogens is 2. The maximum Gasteiger partial charge on any atom is 0.236 e. The Balaban J connectivity index is 1.82. The molecule has 2 aromatic heterocycles. The van der Waals surface area contributed by atoms with Crippen LogP contribution in [0.4, 0.5) is 5.82 Å². The number of nitrogens with two attached hydrogens (primary N) is 1. The van der Waals surface area contributed by atoms with Crippen molar-refractivity contribution in [2.24, 2.45) is 10.7 Å². The van der Waals surface area contributed by atoms with E-state index in [2.05, 4.69) is 20.3 Å². The topological polar surface area (TPSA) is 126 Å². The number of ether oxygens (including phenoxy) is 1. The molecule has 0 spiro atoms. The van der Waals surface area contributed by atoms with Gasteiger partial charge in [-0.2, -0.15) is 0 Å². The Morgan fingerprint density at radius 2 is 2.14 bits per heavy atom. The molecule has 0 atom stereocenters. The highest BCUT2D eigenvalue weighted by Crippen LogP contribution is 2.33. The van der Waals surface area contributed by atoms with Gasteiger partial charge in [-0.25, -0.2) is 15.0 Å². The minimum Gasteiger partial charge on any atom is -0.477 e. The number of rotatable bonds is 8. The summed E-state index contributed by atoms with van der Waals surface area (Å²) in [5, 5.41) is 10.6. The quantitative estimate of drug-likeness (QED) is 0.390. The van der Waals surface area contributed by atoms with Crippen LogP contribution in [0.25, 0.3) is 10.6 Å². The number of aliphatic imine (C=N–C) groups is 1. The summed E-state index contributed by atoms with van der Waals surface area (Å²) in [6.45, 7) is 2.27. The number of hydrogen-bond acceptors (Lipinski definition) is 6. The van der Waals surface area contributed by atoms with Gasteiger partial charge < -0.3 is 15.8 Å². The number of amides is 1. The summed E-state index contributed by atoms with van der Waals surface area (Å²) in [6.07, 6.45) is 2.74. The summed E-state index contributed by atoms with van der Waals surface area (Å²) < 4.78 is 5.55. The number of nitrogens with one attached hydrogen (secondary N) is 2. The number of anilines is 1. The molecule has 0 unspecified atom stereocenters. The van der Waals surface area contributed by atoms with Crippen molar-refractivity contribution in [1.82, 2.24) is 9.97 Å². The van der Waals surface area contributed by atoms with Gasteiger partial charge in [0, 0.05) is 11.8 Å². The van der Waals surface area contributed by atoms with E-state index >= 15 is 0 Å². The van der Waals surface area contributed by atoms with E-state index in [0.717, 1.165) is 17.5 Å². The van der Waals surface area contributed by atoms with Gasteiger partial charge in [0.25, 0.3) is 0 Å². The van der Waals surface area contributed by atoms with Crippen LogP contribution in [-0.4, -0.2) is 34.7 Å². The second kappa shape index (κ2) is 9.56. The number of carbonyl (C=O) groups excluding carboxylic acids is 1. The molecule has 0 aliphatic heterocycles. The van der Waals surface area contributed by atoms with Crippen LogP contribution in [0.5, 0.6) is 5.88 Å². The Morgan fingerprint density at radius 1 is 1.34 bits per heavy atom. The molecule has 0 radical (unpaired) electrons. The zero-order valence-electron chi connectivity index (χ0n) is 15.8.